The molecule has 1 aliphatic heterocycles. The molecule has 2 atom stereocenters. The van der Waals surface area contributed by atoms with Gasteiger partial charge in [-0.1, -0.05) is 38.5 Å². The van der Waals surface area contributed by atoms with Crippen molar-refractivity contribution in [1.82, 2.24) is 4.72 Å². The molecule has 7 heteroatoms. The normalized spacial score (nSPS) is 18.2. The first-order valence-corrected chi connectivity index (χ1v) is 10.8. The second kappa shape index (κ2) is 7.75. The number of sulfonamides is 1. The monoisotopic (exact) mass is 399 g/mol. The Morgan fingerprint density at radius 1 is 1.14 bits per heavy atom. The highest BCUT2D eigenvalue weighted by atomic mass is 32.2. The molecule has 1 amide bonds. The fraction of sp³-hybridized carbons (Fsp3) is 0.333. The van der Waals surface area contributed by atoms with Gasteiger partial charge in [-0.3, -0.25) is 14.5 Å². The summed E-state index contributed by atoms with van der Waals surface area (Å²) in [6, 6.07) is 11.7. The lowest BCUT2D eigenvalue weighted by atomic mass is 9.98. The van der Waals surface area contributed by atoms with E-state index in [2.05, 4.69) is 15.0 Å². The summed E-state index contributed by atoms with van der Waals surface area (Å²) in [5.41, 5.74) is 3.43. The number of hydrogen-bond acceptors (Lipinski definition) is 4. The van der Waals surface area contributed by atoms with Gasteiger partial charge in [-0.25, -0.2) is 8.42 Å². The molecule has 0 fully saturated rings. The fourth-order valence-electron chi connectivity index (χ4n) is 3.07. The van der Waals surface area contributed by atoms with Crippen LogP contribution in [-0.2, 0) is 14.8 Å². The lowest BCUT2D eigenvalue weighted by Gasteiger charge is -2.20. The van der Waals surface area contributed by atoms with E-state index in [1.165, 1.54) is 6.07 Å². The van der Waals surface area contributed by atoms with Gasteiger partial charge < -0.3 is 5.32 Å². The van der Waals surface area contributed by atoms with Gasteiger partial charge in [-0.15, -0.1) is 0 Å². The molecule has 0 bridgehead atoms. The van der Waals surface area contributed by atoms with E-state index in [-0.39, 0.29) is 22.6 Å². The summed E-state index contributed by atoms with van der Waals surface area (Å²) in [6.45, 7) is 7.91. The number of carbonyl (C=O) groups excluding carboxylic acids is 1. The van der Waals surface area contributed by atoms with Crippen molar-refractivity contribution in [3.05, 3.63) is 59.2 Å². The lowest BCUT2D eigenvalue weighted by Crippen LogP contribution is -2.34. The number of carbonyl (C=O) groups is 1. The van der Waals surface area contributed by atoms with E-state index in [0.29, 0.717) is 11.3 Å². The Labute approximate surface area is 166 Å². The van der Waals surface area contributed by atoms with Gasteiger partial charge in [0.1, 0.15) is 11.9 Å². The molecular formula is C21H25N3O3S. The summed E-state index contributed by atoms with van der Waals surface area (Å²) in [4.78, 5) is 17.7. The third-order valence-electron chi connectivity index (χ3n) is 5.16. The maximum Gasteiger partial charge on any atom is 0.263 e. The van der Waals surface area contributed by atoms with Gasteiger partial charge in [-0.2, -0.15) is 0 Å². The number of amidine groups is 1. The predicted octanol–water partition coefficient (Wildman–Crippen LogP) is 3.40. The third kappa shape index (κ3) is 3.94. The van der Waals surface area contributed by atoms with Crippen molar-refractivity contribution in [2.45, 2.75) is 45.1 Å². The number of aryl methyl sites for hydroxylation is 2. The highest BCUT2D eigenvalue weighted by Crippen LogP contribution is 2.24. The van der Waals surface area contributed by atoms with Crippen LogP contribution < -0.4 is 10.0 Å². The minimum absolute atomic E-state index is 0.0590. The smallest absolute Gasteiger partial charge is 0.263 e. The number of benzene rings is 2. The molecule has 148 valence electrons. The SMILES string of the molecule is CC[C@H](C)[C@H](N=C1NS(=O)(=O)c2ccccc21)C(=O)Nc1ccc(C)c(C)c1. The van der Waals surface area contributed by atoms with Gasteiger partial charge >= 0.3 is 0 Å². The first-order chi connectivity index (χ1) is 13.2. The summed E-state index contributed by atoms with van der Waals surface area (Å²) in [7, 11) is -3.64. The summed E-state index contributed by atoms with van der Waals surface area (Å²) < 4.78 is 27.1. The van der Waals surface area contributed by atoms with Crippen LogP contribution >= 0.6 is 0 Å². The number of rotatable bonds is 5. The average molecular weight is 400 g/mol. The number of amides is 1. The Bertz CT molecular complexity index is 1040. The summed E-state index contributed by atoms with van der Waals surface area (Å²) in [5.74, 6) is -0.0962. The second-order valence-electron chi connectivity index (χ2n) is 7.20. The lowest BCUT2D eigenvalue weighted by molar-refractivity contribution is -0.118. The number of fused-ring (bicyclic) bond motifs is 1. The Morgan fingerprint density at radius 3 is 2.54 bits per heavy atom. The van der Waals surface area contributed by atoms with Crippen LogP contribution in [0.3, 0.4) is 0 Å². The Kier molecular flexibility index (Phi) is 5.56. The molecule has 2 N–H and O–H groups in total. The first-order valence-electron chi connectivity index (χ1n) is 9.31. The molecule has 0 saturated carbocycles. The third-order valence-corrected chi connectivity index (χ3v) is 6.55. The molecule has 0 radical (unpaired) electrons. The largest absolute Gasteiger partial charge is 0.324 e. The molecule has 1 aliphatic rings. The molecule has 1 heterocycles. The average Bonchev–Trinajstić information content (AvgIpc) is 2.92. The highest BCUT2D eigenvalue weighted by Gasteiger charge is 2.33. The van der Waals surface area contributed by atoms with Gasteiger partial charge in [0.05, 0.1) is 4.90 Å². The highest BCUT2D eigenvalue weighted by molar-refractivity contribution is 7.90. The second-order valence-corrected chi connectivity index (χ2v) is 8.85. The predicted molar refractivity (Wildman–Crippen MR) is 111 cm³/mol. The molecule has 2 aromatic carbocycles. The van der Waals surface area contributed by atoms with Crippen LogP contribution in [0.25, 0.3) is 0 Å². The summed E-state index contributed by atoms with van der Waals surface area (Å²) >= 11 is 0. The van der Waals surface area contributed by atoms with Gasteiger partial charge in [-0.05, 0) is 55.2 Å². The Morgan fingerprint density at radius 2 is 1.86 bits per heavy atom. The van der Waals surface area contributed by atoms with E-state index in [1.807, 2.05) is 45.9 Å². The van der Waals surface area contributed by atoms with Crippen molar-refractivity contribution in [3.63, 3.8) is 0 Å². The Balaban J connectivity index is 1.94. The first kappa shape index (κ1) is 20.1. The maximum atomic E-state index is 13.0. The van der Waals surface area contributed by atoms with Crippen molar-refractivity contribution in [2.24, 2.45) is 10.9 Å². The summed E-state index contributed by atoms with van der Waals surface area (Å²) in [5, 5.41) is 2.92. The van der Waals surface area contributed by atoms with E-state index in [1.54, 1.807) is 18.2 Å². The van der Waals surface area contributed by atoms with Gasteiger partial charge in [0, 0.05) is 11.3 Å². The number of nitrogens with zero attached hydrogens (tertiary/aromatic N) is 1. The van der Waals surface area contributed by atoms with Crippen LogP contribution in [0.5, 0.6) is 0 Å². The van der Waals surface area contributed by atoms with Crippen LogP contribution in [0.15, 0.2) is 52.4 Å². The van der Waals surface area contributed by atoms with Gasteiger partial charge in [0.15, 0.2) is 0 Å². The maximum absolute atomic E-state index is 13.0. The number of anilines is 1. The van der Waals surface area contributed by atoms with Crippen molar-refractivity contribution in [3.8, 4) is 0 Å². The summed E-state index contributed by atoms with van der Waals surface area (Å²) in [6.07, 6.45) is 0.732. The number of hydrogen-bond donors (Lipinski definition) is 2. The fourth-order valence-corrected chi connectivity index (χ4v) is 4.31. The zero-order valence-electron chi connectivity index (χ0n) is 16.5. The van der Waals surface area contributed by atoms with Crippen LogP contribution in [0.4, 0.5) is 5.69 Å². The molecular weight excluding hydrogens is 374 g/mol. The van der Waals surface area contributed by atoms with Crippen LogP contribution in [-0.4, -0.2) is 26.2 Å². The topological polar surface area (TPSA) is 87.6 Å². The zero-order chi connectivity index (χ0) is 20.5. The van der Waals surface area contributed by atoms with Gasteiger partial charge in [0.25, 0.3) is 10.0 Å². The number of nitrogens with one attached hydrogen (secondary N) is 2. The molecule has 0 aliphatic carbocycles. The zero-order valence-corrected chi connectivity index (χ0v) is 17.3. The minimum Gasteiger partial charge on any atom is -0.324 e. The molecule has 0 aromatic heterocycles. The van der Waals surface area contributed by atoms with Crippen LogP contribution in [0.1, 0.15) is 37.0 Å². The van der Waals surface area contributed by atoms with Crippen molar-refractivity contribution >= 4 is 27.5 Å². The van der Waals surface area contributed by atoms with E-state index < -0.39 is 16.1 Å². The molecule has 0 spiro atoms. The molecule has 3 rings (SSSR count). The van der Waals surface area contributed by atoms with E-state index >= 15 is 0 Å². The number of aliphatic imine (C=N–C) groups is 1. The minimum atomic E-state index is -3.64. The standard InChI is InChI=1S/C21H25N3O3S/c1-5-13(2)19(21(25)22-16-11-10-14(3)15(4)12-16)23-20-17-8-6-7-9-18(17)28(26,27)24-20/h6-13,19H,5H2,1-4H3,(H,22,25)(H,23,24)/t13-,19-/m0/s1. The van der Waals surface area contributed by atoms with E-state index in [4.69, 9.17) is 0 Å². The molecule has 2 aromatic rings. The molecule has 0 saturated heterocycles. The van der Waals surface area contributed by atoms with Crippen molar-refractivity contribution < 1.29 is 13.2 Å². The van der Waals surface area contributed by atoms with E-state index in [0.717, 1.165) is 17.5 Å². The van der Waals surface area contributed by atoms with Gasteiger partial charge in [0.2, 0.25) is 5.91 Å². The van der Waals surface area contributed by atoms with Crippen molar-refractivity contribution in [2.75, 3.05) is 5.32 Å². The quantitative estimate of drug-likeness (QED) is 0.808. The van der Waals surface area contributed by atoms with Crippen LogP contribution in [0.2, 0.25) is 0 Å². The van der Waals surface area contributed by atoms with Crippen molar-refractivity contribution in [1.29, 1.82) is 0 Å². The molecule has 0 unspecified atom stereocenters. The van der Waals surface area contributed by atoms with E-state index in [9.17, 15) is 13.2 Å². The Hall–Kier alpha value is -2.67. The van der Waals surface area contributed by atoms with Crippen LogP contribution in [0, 0.1) is 19.8 Å². The molecule has 6 nitrogen and oxygen atoms in total. The molecule has 28 heavy (non-hydrogen) atoms.